The van der Waals surface area contributed by atoms with E-state index in [0.717, 1.165) is 50.1 Å². The van der Waals surface area contributed by atoms with Gasteiger partial charge in [-0.15, -0.1) is 0 Å². The van der Waals surface area contributed by atoms with Gasteiger partial charge in [0.2, 0.25) is 5.91 Å². The molecule has 0 spiro atoms. The van der Waals surface area contributed by atoms with E-state index in [1.54, 1.807) is 6.07 Å². The zero-order valence-corrected chi connectivity index (χ0v) is 15.4. The van der Waals surface area contributed by atoms with E-state index in [9.17, 15) is 9.18 Å². The third kappa shape index (κ3) is 4.50. The lowest BCUT2D eigenvalue weighted by molar-refractivity contribution is -0.119. The number of halogens is 1. The molecule has 3 nitrogen and oxygen atoms in total. The van der Waals surface area contributed by atoms with Gasteiger partial charge >= 0.3 is 0 Å². The van der Waals surface area contributed by atoms with Crippen molar-refractivity contribution in [1.82, 2.24) is 4.90 Å². The monoisotopic (exact) mass is 354 g/mol. The Bertz CT molecular complexity index is 711. The zero-order valence-electron chi connectivity index (χ0n) is 15.4. The van der Waals surface area contributed by atoms with Crippen LogP contribution in [0.3, 0.4) is 0 Å². The average molecular weight is 354 g/mol. The Morgan fingerprint density at radius 3 is 2.38 bits per heavy atom. The molecule has 3 rings (SSSR count). The van der Waals surface area contributed by atoms with E-state index in [1.165, 1.54) is 6.07 Å². The Morgan fingerprint density at radius 1 is 1.08 bits per heavy atom. The van der Waals surface area contributed by atoms with Crippen LogP contribution in [0.15, 0.2) is 54.6 Å². The van der Waals surface area contributed by atoms with E-state index in [1.807, 2.05) is 54.3 Å². The first-order chi connectivity index (χ1) is 12.7. The van der Waals surface area contributed by atoms with E-state index >= 15 is 0 Å². The minimum atomic E-state index is -0.119. The number of carbonyl (C=O) groups excluding carboxylic acids is 1. The Labute approximate surface area is 155 Å². The van der Waals surface area contributed by atoms with Crippen molar-refractivity contribution >= 4 is 11.6 Å². The van der Waals surface area contributed by atoms with Crippen LogP contribution in [0.4, 0.5) is 10.1 Å². The molecule has 1 fully saturated rings. The summed E-state index contributed by atoms with van der Waals surface area (Å²) in [5.74, 6) is 0.0622. The second-order valence-electron chi connectivity index (χ2n) is 6.87. The van der Waals surface area contributed by atoms with Crippen LogP contribution in [0.2, 0.25) is 0 Å². The van der Waals surface area contributed by atoms with Crippen LogP contribution in [-0.2, 0) is 11.2 Å². The third-order valence-corrected chi connectivity index (χ3v) is 5.18. The number of para-hydroxylation sites is 1. The van der Waals surface area contributed by atoms with Crippen molar-refractivity contribution in [3.05, 3.63) is 66.0 Å². The van der Waals surface area contributed by atoms with Gasteiger partial charge < -0.3 is 9.80 Å². The minimum absolute atomic E-state index is 0.119. The van der Waals surface area contributed by atoms with Crippen molar-refractivity contribution in [3.63, 3.8) is 0 Å². The highest BCUT2D eigenvalue weighted by atomic mass is 19.1. The molecule has 1 saturated heterocycles. The molecule has 2 aromatic carbocycles. The molecule has 0 atom stereocenters. The first-order valence-electron chi connectivity index (χ1n) is 9.52. The average Bonchev–Trinajstić information content (AvgIpc) is 2.69. The minimum Gasteiger partial charge on any atom is -0.309 e. The summed E-state index contributed by atoms with van der Waals surface area (Å²) in [5.41, 5.74) is 1.77. The van der Waals surface area contributed by atoms with Gasteiger partial charge in [-0.25, -0.2) is 4.39 Å². The molecular formula is C22H27FN2O. The molecule has 138 valence electrons. The molecule has 0 unspecified atom stereocenters. The molecule has 0 bridgehead atoms. The van der Waals surface area contributed by atoms with Gasteiger partial charge in [0.05, 0.1) is 0 Å². The van der Waals surface area contributed by atoms with Crippen molar-refractivity contribution in [2.45, 2.75) is 38.6 Å². The first kappa shape index (κ1) is 18.6. The van der Waals surface area contributed by atoms with Crippen LogP contribution >= 0.6 is 0 Å². The molecule has 0 aliphatic carbocycles. The highest BCUT2D eigenvalue weighted by molar-refractivity contribution is 5.93. The second kappa shape index (κ2) is 8.95. The topological polar surface area (TPSA) is 23.6 Å². The van der Waals surface area contributed by atoms with Gasteiger partial charge in [-0.3, -0.25) is 4.79 Å². The number of likely N-dealkylation sites (tertiary alicyclic amines) is 1. The van der Waals surface area contributed by atoms with Crippen molar-refractivity contribution in [1.29, 1.82) is 0 Å². The van der Waals surface area contributed by atoms with Crippen molar-refractivity contribution in [3.8, 4) is 0 Å². The summed E-state index contributed by atoms with van der Waals surface area (Å²) in [7, 11) is 0. The lowest BCUT2D eigenvalue weighted by Gasteiger charge is -2.38. The smallest absolute Gasteiger partial charge is 0.226 e. The van der Waals surface area contributed by atoms with E-state index in [0.29, 0.717) is 6.42 Å². The maximum absolute atomic E-state index is 13.8. The predicted octanol–water partition coefficient (Wildman–Crippen LogP) is 4.28. The van der Waals surface area contributed by atoms with Crippen LogP contribution < -0.4 is 4.90 Å². The van der Waals surface area contributed by atoms with E-state index in [2.05, 4.69) is 4.90 Å². The van der Waals surface area contributed by atoms with Gasteiger partial charge in [0, 0.05) is 37.8 Å². The molecule has 1 aliphatic heterocycles. The van der Waals surface area contributed by atoms with Crippen LogP contribution in [0.25, 0.3) is 0 Å². The normalized spacial score (nSPS) is 15.8. The molecule has 1 heterocycles. The number of hydrogen-bond acceptors (Lipinski definition) is 2. The summed E-state index contributed by atoms with van der Waals surface area (Å²) < 4.78 is 13.8. The molecule has 2 aromatic rings. The molecular weight excluding hydrogens is 327 g/mol. The number of piperidine rings is 1. The van der Waals surface area contributed by atoms with Gasteiger partial charge in [-0.2, -0.15) is 0 Å². The molecule has 1 amide bonds. The molecule has 26 heavy (non-hydrogen) atoms. The number of anilines is 1. The standard InChI is InChI=1S/C22H27FN2O/c1-2-22(26)25(19-9-4-3-5-10-19)20-13-16-24(17-14-20)15-12-18-8-6-7-11-21(18)23/h3-11,20H,2,12-17H2,1H3. The third-order valence-electron chi connectivity index (χ3n) is 5.18. The molecule has 0 radical (unpaired) electrons. The van der Waals surface area contributed by atoms with Crippen molar-refractivity contribution in [2.75, 3.05) is 24.5 Å². The molecule has 1 aliphatic rings. The summed E-state index contributed by atoms with van der Waals surface area (Å²) in [6.45, 7) is 4.67. The maximum Gasteiger partial charge on any atom is 0.226 e. The Morgan fingerprint density at radius 2 is 1.73 bits per heavy atom. The molecule has 0 N–H and O–H groups in total. The number of rotatable bonds is 6. The van der Waals surface area contributed by atoms with Crippen molar-refractivity contribution in [2.24, 2.45) is 0 Å². The van der Waals surface area contributed by atoms with Crippen LogP contribution in [-0.4, -0.2) is 36.5 Å². The SMILES string of the molecule is CCC(=O)N(c1ccccc1)C1CCN(CCc2ccccc2F)CC1. The first-order valence-corrected chi connectivity index (χ1v) is 9.52. The number of nitrogens with zero attached hydrogens (tertiary/aromatic N) is 2. The summed E-state index contributed by atoms with van der Waals surface area (Å²) in [6.07, 6.45) is 3.16. The van der Waals surface area contributed by atoms with Gasteiger partial charge in [-0.05, 0) is 43.0 Å². The highest BCUT2D eigenvalue weighted by Crippen LogP contribution is 2.24. The number of hydrogen-bond donors (Lipinski definition) is 0. The summed E-state index contributed by atoms with van der Waals surface area (Å²) in [5, 5.41) is 0. The van der Waals surface area contributed by atoms with Crippen LogP contribution in [0.1, 0.15) is 31.7 Å². The van der Waals surface area contributed by atoms with Crippen LogP contribution in [0.5, 0.6) is 0 Å². The summed E-state index contributed by atoms with van der Waals surface area (Å²) in [6, 6.07) is 17.2. The molecule has 4 heteroatoms. The van der Waals surface area contributed by atoms with Gasteiger partial charge in [-0.1, -0.05) is 43.3 Å². The summed E-state index contributed by atoms with van der Waals surface area (Å²) >= 11 is 0. The highest BCUT2D eigenvalue weighted by Gasteiger charge is 2.28. The number of benzene rings is 2. The Hall–Kier alpha value is -2.20. The zero-order chi connectivity index (χ0) is 18.4. The fraction of sp³-hybridized carbons (Fsp3) is 0.409. The molecule has 0 aromatic heterocycles. The Kier molecular flexibility index (Phi) is 6.40. The van der Waals surface area contributed by atoms with E-state index in [4.69, 9.17) is 0 Å². The lowest BCUT2D eigenvalue weighted by Crippen LogP contribution is -2.47. The number of carbonyl (C=O) groups is 1. The van der Waals surface area contributed by atoms with Gasteiger partial charge in [0.1, 0.15) is 5.82 Å². The fourth-order valence-corrected chi connectivity index (χ4v) is 3.70. The van der Waals surface area contributed by atoms with Crippen molar-refractivity contribution < 1.29 is 9.18 Å². The fourth-order valence-electron chi connectivity index (χ4n) is 3.70. The van der Waals surface area contributed by atoms with E-state index < -0.39 is 0 Å². The maximum atomic E-state index is 13.8. The largest absolute Gasteiger partial charge is 0.309 e. The van der Waals surface area contributed by atoms with Gasteiger partial charge in [0.15, 0.2) is 0 Å². The van der Waals surface area contributed by atoms with E-state index in [-0.39, 0.29) is 17.8 Å². The predicted molar refractivity (Wildman–Crippen MR) is 104 cm³/mol. The number of amides is 1. The Balaban J connectivity index is 1.58. The lowest BCUT2D eigenvalue weighted by atomic mass is 10.0. The summed E-state index contributed by atoms with van der Waals surface area (Å²) in [4.78, 5) is 16.9. The van der Waals surface area contributed by atoms with Gasteiger partial charge in [0.25, 0.3) is 0 Å². The second-order valence-corrected chi connectivity index (χ2v) is 6.87. The van der Waals surface area contributed by atoms with Crippen LogP contribution in [0, 0.1) is 5.82 Å². The quantitative estimate of drug-likeness (QED) is 0.773. The molecule has 0 saturated carbocycles.